The molecule has 0 aliphatic carbocycles. The molecular weight excluding hydrogens is 294 g/mol. The predicted octanol–water partition coefficient (Wildman–Crippen LogP) is 3.21. The molecule has 0 aliphatic rings. The zero-order chi connectivity index (χ0) is 16.8. The topological polar surface area (TPSA) is 57.5 Å². The summed E-state index contributed by atoms with van der Waals surface area (Å²) in [4.78, 5) is 23.6. The van der Waals surface area contributed by atoms with Gasteiger partial charge in [0.25, 0.3) is 0 Å². The Labute approximate surface area is 135 Å². The number of methoxy groups -OCH3 is 1. The van der Waals surface area contributed by atoms with Crippen molar-refractivity contribution in [1.82, 2.24) is 4.57 Å². The smallest absolute Gasteiger partial charge is 0.355 e. The summed E-state index contributed by atoms with van der Waals surface area (Å²) >= 11 is 0. The van der Waals surface area contributed by atoms with Crippen LogP contribution in [-0.4, -0.2) is 29.7 Å². The van der Waals surface area contributed by atoms with Crippen LogP contribution in [0.15, 0.2) is 48.7 Å². The monoisotopic (exact) mass is 315 g/mol. The second-order valence-electron chi connectivity index (χ2n) is 5.38. The molecule has 2 aromatic rings. The van der Waals surface area contributed by atoms with Gasteiger partial charge in [-0.2, -0.15) is 0 Å². The van der Waals surface area contributed by atoms with Gasteiger partial charge in [0, 0.05) is 6.20 Å². The van der Waals surface area contributed by atoms with Crippen LogP contribution in [0.2, 0.25) is 0 Å². The average molecular weight is 315 g/mol. The van der Waals surface area contributed by atoms with E-state index in [1.807, 2.05) is 48.0 Å². The lowest BCUT2D eigenvalue weighted by atomic mass is 10.1. The van der Waals surface area contributed by atoms with Gasteiger partial charge in [0.1, 0.15) is 11.8 Å². The first kappa shape index (κ1) is 16.8. The van der Waals surface area contributed by atoms with Crippen LogP contribution in [-0.2, 0) is 14.3 Å². The van der Waals surface area contributed by atoms with Crippen LogP contribution in [0.5, 0.6) is 0 Å². The zero-order valence-corrected chi connectivity index (χ0v) is 13.6. The molecule has 0 saturated heterocycles. The normalized spacial score (nSPS) is 13.2. The molecule has 1 aromatic carbocycles. The highest BCUT2D eigenvalue weighted by molar-refractivity contribution is 5.88. The van der Waals surface area contributed by atoms with Crippen LogP contribution in [0, 0.1) is 0 Å². The number of carbonyl (C=O) groups excluding carboxylic acids is 2. The first-order valence-corrected chi connectivity index (χ1v) is 7.52. The van der Waals surface area contributed by atoms with Gasteiger partial charge < -0.3 is 14.0 Å². The molecule has 122 valence electrons. The summed E-state index contributed by atoms with van der Waals surface area (Å²) in [6.07, 6.45) is 1.35. The van der Waals surface area contributed by atoms with Crippen molar-refractivity contribution in [2.24, 2.45) is 0 Å². The molecular formula is C18H21NO4. The molecule has 0 N–H and O–H groups in total. The maximum absolute atomic E-state index is 12.3. The minimum atomic E-state index is -0.537. The molecule has 0 fully saturated rings. The molecule has 0 bridgehead atoms. The van der Waals surface area contributed by atoms with E-state index in [1.54, 1.807) is 19.1 Å². The molecule has 5 nitrogen and oxygen atoms in total. The minimum absolute atomic E-state index is 0.00432. The van der Waals surface area contributed by atoms with Crippen molar-refractivity contribution in [2.45, 2.75) is 32.4 Å². The van der Waals surface area contributed by atoms with Gasteiger partial charge in [-0.05, 0) is 31.5 Å². The highest BCUT2D eigenvalue weighted by Gasteiger charge is 2.20. The van der Waals surface area contributed by atoms with Gasteiger partial charge in [-0.15, -0.1) is 0 Å². The lowest BCUT2D eigenvalue weighted by Gasteiger charge is -2.18. The molecule has 0 spiro atoms. The Bertz CT molecular complexity index is 663. The van der Waals surface area contributed by atoms with Crippen LogP contribution in [0.4, 0.5) is 0 Å². The Balaban J connectivity index is 2.11. The van der Waals surface area contributed by atoms with Crippen molar-refractivity contribution >= 4 is 11.9 Å². The van der Waals surface area contributed by atoms with Crippen LogP contribution in [0.3, 0.4) is 0 Å². The van der Waals surface area contributed by atoms with Crippen LogP contribution in [0.1, 0.15) is 42.4 Å². The molecule has 0 saturated carbocycles. The first-order chi connectivity index (χ1) is 11.0. The molecule has 5 heteroatoms. The van der Waals surface area contributed by atoms with Gasteiger partial charge in [-0.25, -0.2) is 4.79 Å². The summed E-state index contributed by atoms with van der Waals surface area (Å²) in [5.74, 6) is -0.854. The summed E-state index contributed by atoms with van der Waals surface area (Å²) in [7, 11) is 1.31. The van der Waals surface area contributed by atoms with E-state index in [9.17, 15) is 9.59 Å². The molecule has 0 aliphatic heterocycles. The minimum Gasteiger partial charge on any atom is -0.469 e. The summed E-state index contributed by atoms with van der Waals surface area (Å²) in [5, 5.41) is 0. The second-order valence-corrected chi connectivity index (χ2v) is 5.38. The maximum Gasteiger partial charge on any atom is 0.355 e. The van der Waals surface area contributed by atoms with Crippen molar-refractivity contribution in [1.29, 1.82) is 0 Å². The number of rotatable bonds is 6. The third kappa shape index (κ3) is 4.22. The third-order valence-electron chi connectivity index (χ3n) is 3.68. The summed E-state index contributed by atoms with van der Waals surface area (Å²) < 4.78 is 11.8. The molecule has 1 aromatic heterocycles. The SMILES string of the molecule is COC(=O)C[C@H](C)OC(=O)c1cccn1[C@H](C)c1ccccc1. The van der Waals surface area contributed by atoms with E-state index in [1.165, 1.54) is 7.11 Å². The van der Waals surface area contributed by atoms with E-state index in [4.69, 9.17) is 4.74 Å². The summed E-state index contributed by atoms with van der Waals surface area (Å²) in [6.45, 7) is 3.69. The van der Waals surface area contributed by atoms with Crippen LogP contribution in [0.25, 0.3) is 0 Å². The van der Waals surface area contributed by atoms with E-state index in [-0.39, 0.29) is 12.5 Å². The molecule has 0 amide bonds. The molecule has 2 rings (SSSR count). The number of benzene rings is 1. The lowest BCUT2D eigenvalue weighted by Crippen LogP contribution is -2.22. The largest absolute Gasteiger partial charge is 0.469 e. The van der Waals surface area contributed by atoms with Crippen molar-refractivity contribution < 1.29 is 19.1 Å². The molecule has 0 unspecified atom stereocenters. The lowest BCUT2D eigenvalue weighted by molar-refractivity contribution is -0.142. The van der Waals surface area contributed by atoms with Crippen LogP contribution < -0.4 is 0 Å². The van der Waals surface area contributed by atoms with Crippen molar-refractivity contribution in [2.75, 3.05) is 7.11 Å². The second kappa shape index (κ2) is 7.63. The van der Waals surface area contributed by atoms with Gasteiger partial charge in [-0.1, -0.05) is 30.3 Å². The number of hydrogen-bond donors (Lipinski definition) is 0. The Kier molecular flexibility index (Phi) is 5.57. The maximum atomic E-state index is 12.3. The van der Waals surface area contributed by atoms with Crippen LogP contribution >= 0.6 is 0 Å². The number of ether oxygens (including phenoxy) is 2. The third-order valence-corrected chi connectivity index (χ3v) is 3.68. The fourth-order valence-corrected chi connectivity index (χ4v) is 2.40. The summed E-state index contributed by atoms with van der Waals surface area (Å²) in [5.41, 5.74) is 1.55. The Morgan fingerprint density at radius 2 is 1.78 bits per heavy atom. The van der Waals surface area contributed by atoms with Gasteiger partial charge in [0.15, 0.2) is 0 Å². The fourth-order valence-electron chi connectivity index (χ4n) is 2.40. The van der Waals surface area contributed by atoms with Gasteiger partial charge in [0.2, 0.25) is 0 Å². The van der Waals surface area contributed by atoms with E-state index >= 15 is 0 Å². The van der Waals surface area contributed by atoms with Gasteiger partial charge >= 0.3 is 11.9 Å². The van der Waals surface area contributed by atoms with Crippen molar-refractivity contribution in [3.63, 3.8) is 0 Å². The van der Waals surface area contributed by atoms with Crippen molar-refractivity contribution in [3.8, 4) is 0 Å². The van der Waals surface area contributed by atoms with Crippen molar-refractivity contribution in [3.05, 3.63) is 59.9 Å². The Morgan fingerprint density at radius 3 is 2.43 bits per heavy atom. The first-order valence-electron chi connectivity index (χ1n) is 7.52. The number of hydrogen-bond acceptors (Lipinski definition) is 4. The Morgan fingerprint density at radius 1 is 1.09 bits per heavy atom. The highest BCUT2D eigenvalue weighted by Crippen LogP contribution is 2.21. The quantitative estimate of drug-likeness (QED) is 0.768. The molecule has 2 atom stereocenters. The standard InChI is InChI=1S/C18H21NO4/c1-13(12-17(20)22-3)23-18(21)16-10-7-11-19(16)14(2)15-8-5-4-6-9-15/h4-11,13-14H,12H2,1-3H3/t13-,14+/m0/s1. The Hall–Kier alpha value is -2.56. The molecule has 0 radical (unpaired) electrons. The summed E-state index contributed by atoms with van der Waals surface area (Å²) in [6, 6.07) is 13.4. The van der Waals surface area contributed by atoms with E-state index in [2.05, 4.69) is 4.74 Å². The number of aromatic nitrogens is 1. The number of carbonyl (C=O) groups is 2. The van der Waals surface area contributed by atoms with E-state index in [0.29, 0.717) is 5.69 Å². The van der Waals surface area contributed by atoms with Gasteiger partial charge in [0.05, 0.1) is 19.6 Å². The van der Waals surface area contributed by atoms with E-state index in [0.717, 1.165) is 5.56 Å². The van der Waals surface area contributed by atoms with Gasteiger partial charge in [-0.3, -0.25) is 4.79 Å². The predicted molar refractivity (Wildman–Crippen MR) is 86.2 cm³/mol. The number of nitrogens with zero attached hydrogens (tertiary/aromatic N) is 1. The highest BCUT2D eigenvalue weighted by atomic mass is 16.6. The fraction of sp³-hybridized carbons (Fsp3) is 0.333. The molecule has 23 heavy (non-hydrogen) atoms. The molecule has 1 heterocycles. The zero-order valence-electron chi connectivity index (χ0n) is 13.6. The number of esters is 2. The van der Waals surface area contributed by atoms with E-state index < -0.39 is 18.0 Å². The average Bonchev–Trinajstić information content (AvgIpc) is 3.04.